The molecule has 1 aliphatic rings. The van der Waals surface area contributed by atoms with Gasteiger partial charge in [0, 0.05) is 6.54 Å². The zero-order valence-corrected chi connectivity index (χ0v) is 9.97. The molecule has 0 aliphatic heterocycles. The van der Waals surface area contributed by atoms with E-state index in [1.165, 1.54) is 18.2 Å². The van der Waals surface area contributed by atoms with Gasteiger partial charge in [-0.15, -0.1) is 0 Å². The molecule has 1 amide bonds. The highest BCUT2D eigenvalue weighted by Gasteiger charge is 2.23. The van der Waals surface area contributed by atoms with E-state index in [1.807, 2.05) is 0 Å². The molecular formula is C13H17NO4. The lowest BCUT2D eigenvalue weighted by molar-refractivity contribution is 0.0941. The van der Waals surface area contributed by atoms with E-state index in [4.69, 9.17) is 0 Å². The Labute approximate surface area is 105 Å². The summed E-state index contributed by atoms with van der Waals surface area (Å²) in [6, 6.07) is 4.27. The Hall–Kier alpha value is -1.75. The molecule has 0 aromatic heterocycles. The van der Waals surface area contributed by atoms with Crippen molar-refractivity contribution in [2.45, 2.75) is 25.4 Å². The minimum atomic E-state index is -0.412. The summed E-state index contributed by atoms with van der Waals surface area (Å²) in [6.45, 7) is 0.477. The van der Waals surface area contributed by atoms with Crippen LogP contribution in [-0.2, 0) is 0 Å². The Morgan fingerprint density at radius 2 is 2.11 bits per heavy atom. The predicted molar refractivity (Wildman–Crippen MR) is 65.5 cm³/mol. The van der Waals surface area contributed by atoms with Crippen molar-refractivity contribution in [2.24, 2.45) is 5.92 Å². The molecule has 0 bridgehead atoms. The molecular weight excluding hydrogens is 234 g/mol. The van der Waals surface area contributed by atoms with Gasteiger partial charge < -0.3 is 20.6 Å². The van der Waals surface area contributed by atoms with Crippen molar-refractivity contribution in [2.75, 3.05) is 6.54 Å². The molecule has 0 radical (unpaired) electrons. The van der Waals surface area contributed by atoms with Crippen LogP contribution in [0.15, 0.2) is 18.2 Å². The third kappa shape index (κ3) is 2.73. The second-order valence-electron chi connectivity index (χ2n) is 4.72. The second kappa shape index (κ2) is 5.27. The Balaban J connectivity index is 1.94. The summed E-state index contributed by atoms with van der Waals surface area (Å²) in [4.78, 5) is 11.8. The van der Waals surface area contributed by atoms with E-state index in [-0.39, 0.29) is 23.3 Å². The highest BCUT2D eigenvalue weighted by atomic mass is 16.3. The minimum Gasteiger partial charge on any atom is -0.504 e. The molecule has 1 aromatic rings. The van der Waals surface area contributed by atoms with Gasteiger partial charge in [-0.25, -0.2) is 0 Å². The fourth-order valence-electron chi connectivity index (χ4n) is 2.28. The standard InChI is InChI=1S/C13H17NO4/c15-9-5-4-8(6-9)7-14-13(18)10-2-1-3-11(16)12(10)17/h1-3,8-9,15-17H,4-7H2,(H,14,18). The van der Waals surface area contributed by atoms with Crippen LogP contribution in [0.3, 0.4) is 0 Å². The van der Waals surface area contributed by atoms with Gasteiger partial charge in [0.2, 0.25) is 0 Å². The van der Waals surface area contributed by atoms with Crippen molar-refractivity contribution in [1.82, 2.24) is 5.32 Å². The van der Waals surface area contributed by atoms with Gasteiger partial charge in [-0.1, -0.05) is 6.07 Å². The van der Waals surface area contributed by atoms with Gasteiger partial charge in [-0.05, 0) is 37.3 Å². The lowest BCUT2D eigenvalue weighted by Crippen LogP contribution is -2.28. The van der Waals surface area contributed by atoms with Gasteiger partial charge in [0.25, 0.3) is 5.91 Å². The van der Waals surface area contributed by atoms with Crippen molar-refractivity contribution in [3.8, 4) is 11.5 Å². The summed E-state index contributed by atoms with van der Waals surface area (Å²) in [5, 5.41) is 30.9. The Kier molecular flexibility index (Phi) is 3.72. The smallest absolute Gasteiger partial charge is 0.255 e. The van der Waals surface area contributed by atoms with Crippen LogP contribution >= 0.6 is 0 Å². The summed E-state index contributed by atoms with van der Waals surface area (Å²) in [6.07, 6.45) is 2.11. The summed E-state index contributed by atoms with van der Waals surface area (Å²) in [5.74, 6) is -0.839. The number of aliphatic hydroxyl groups excluding tert-OH is 1. The number of hydrogen-bond donors (Lipinski definition) is 4. The summed E-state index contributed by atoms with van der Waals surface area (Å²) >= 11 is 0. The van der Waals surface area contributed by atoms with Crippen LogP contribution in [0.25, 0.3) is 0 Å². The van der Waals surface area contributed by atoms with E-state index >= 15 is 0 Å². The molecule has 2 atom stereocenters. The quantitative estimate of drug-likeness (QED) is 0.603. The summed E-state index contributed by atoms with van der Waals surface area (Å²) < 4.78 is 0. The van der Waals surface area contributed by atoms with E-state index in [0.29, 0.717) is 13.0 Å². The molecule has 1 aliphatic carbocycles. The number of amides is 1. The molecule has 98 valence electrons. The SMILES string of the molecule is O=C(NCC1CCC(O)C1)c1cccc(O)c1O. The van der Waals surface area contributed by atoms with Crippen LogP contribution in [-0.4, -0.2) is 33.9 Å². The third-order valence-electron chi connectivity index (χ3n) is 3.32. The van der Waals surface area contributed by atoms with Gasteiger partial charge in [-0.2, -0.15) is 0 Å². The minimum absolute atomic E-state index is 0.0635. The molecule has 18 heavy (non-hydrogen) atoms. The van der Waals surface area contributed by atoms with Crippen LogP contribution in [0.4, 0.5) is 0 Å². The highest BCUT2D eigenvalue weighted by molar-refractivity contribution is 5.97. The van der Waals surface area contributed by atoms with E-state index < -0.39 is 11.7 Å². The van der Waals surface area contributed by atoms with Gasteiger partial charge in [0.15, 0.2) is 11.5 Å². The third-order valence-corrected chi connectivity index (χ3v) is 3.32. The van der Waals surface area contributed by atoms with Crippen LogP contribution in [0, 0.1) is 5.92 Å². The molecule has 5 nitrogen and oxygen atoms in total. The van der Waals surface area contributed by atoms with Gasteiger partial charge in [-0.3, -0.25) is 4.79 Å². The molecule has 2 rings (SSSR count). The number of phenolic OH excluding ortho intramolecular Hbond substituents is 2. The zero-order chi connectivity index (χ0) is 13.1. The number of para-hydroxylation sites is 1. The van der Waals surface area contributed by atoms with Gasteiger partial charge in [0.1, 0.15) is 0 Å². The van der Waals surface area contributed by atoms with Crippen LogP contribution in [0.2, 0.25) is 0 Å². The number of aliphatic hydroxyl groups is 1. The van der Waals surface area contributed by atoms with Crippen LogP contribution in [0.1, 0.15) is 29.6 Å². The monoisotopic (exact) mass is 251 g/mol. The van der Waals surface area contributed by atoms with Crippen molar-refractivity contribution >= 4 is 5.91 Å². The largest absolute Gasteiger partial charge is 0.504 e. The Morgan fingerprint density at radius 3 is 2.78 bits per heavy atom. The van der Waals surface area contributed by atoms with Crippen molar-refractivity contribution in [3.05, 3.63) is 23.8 Å². The Bertz CT molecular complexity index is 447. The number of hydrogen-bond acceptors (Lipinski definition) is 4. The molecule has 0 heterocycles. The normalized spacial score (nSPS) is 22.9. The van der Waals surface area contributed by atoms with E-state index in [9.17, 15) is 20.1 Å². The lowest BCUT2D eigenvalue weighted by atomic mass is 10.1. The Morgan fingerprint density at radius 1 is 1.33 bits per heavy atom. The predicted octanol–water partition coefficient (Wildman–Crippen LogP) is 0.989. The van der Waals surface area contributed by atoms with Gasteiger partial charge >= 0.3 is 0 Å². The number of nitrogens with one attached hydrogen (secondary N) is 1. The average Bonchev–Trinajstić information content (AvgIpc) is 2.76. The first kappa shape index (κ1) is 12.7. The van der Waals surface area contributed by atoms with Crippen molar-refractivity contribution in [1.29, 1.82) is 0 Å². The molecule has 4 N–H and O–H groups in total. The fraction of sp³-hybridized carbons (Fsp3) is 0.462. The van der Waals surface area contributed by atoms with E-state index in [0.717, 1.165) is 12.8 Å². The highest BCUT2D eigenvalue weighted by Crippen LogP contribution is 2.28. The molecule has 5 heteroatoms. The number of carbonyl (C=O) groups excluding carboxylic acids is 1. The number of aromatic hydroxyl groups is 2. The molecule has 2 unspecified atom stereocenters. The summed E-state index contributed by atoms with van der Waals surface area (Å²) in [7, 11) is 0. The number of phenols is 2. The number of benzene rings is 1. The topological polar surface area (TPSA) is 89.8 Å². The number of carbonyl (C=O) groups is 1. The molecule has 1 fully saturated rings. The fourth-order valence-corrected chi connectivity index (χ4v) is 2.28. The van der Waals surface area contributed by atoms with Gasteiger partial charge in [0.05, 0.1) is 11.7 Å². The average molecular weight is 251 g/mol. The van der Waals surface area contributed by atoms with Crippen molar-refractivity contribution in [3.63, 3.8) is 0 Å². The first-order valence-corrected chi connectivity index (χ1v) is 6.05. The number of rotatable bonds is 3. The lowest BCUT2D eigenvalue weighted by Gasteiger charge is -2.11. The van der Waals surface area contributed by atoms with E-state index in [1.54, 1.807) is 0 Å². The maximum atomic E-state index is 11.8. The summed E-state index contributed by atoms with van der Waals surface area (Å²) in [5.41, 5.74) is 0.0635. The zero-order valence-electron chi connectivity index (χ0n) is 9.97. The second-order valence-corrected chi connectivity index (χ2v) is 4.72. The van der Waals surface area contributed by atoms with Crippen LogP contribution < -0.4 is 5.32 Å². The molecule has 0 spiro atoms. The maximum absolute atomic E-state index is 11.8. The van der Waals surface area contributed by atoms with E-state index in [2.05, 4.69) is 5.32 Å². The molecule has 0 saturated heterocycles. The molecule has 1 saturated carbocycles. The first-order chi connectivity index (χ1) is 8.58. The first-order valence-electron chi connectivity index (χ1n) is 6.05. The van der Waals surface area contributed by atoms with Crippen molar-refractivity contribution < 1.29 is 20.1 Å². The van der Waals surface area contributed by atoms with Crippen LogP contribution in [0.5, 0.6) is 11.5 Å². The molecule has 1 aromatic carbocycles. The maximum Gasteiger partial charge on any atom is 0.255 e.